The summed E-state index contributed by atoms with van der Waals surface area (Å²) in [6.45, 7) is 8.85. The minimum Gasteiger partial charge on any atom is -0.357 e. The van der Waals surface area contributed by atoms with Gasteiger partial charge in [-0.1, -0.05) is 18.9 Å². The zero-order valence-electron chi connectivity index (χ0n) is 18.1. The standard InChI is InChI=1S/C22H35N7/c1-18-15-19(2)29(27-18)14-8-11-24-22(23-3)26-17-20-9-10-21(25-16-20)28-12-6-4-5-7-13-28/h9-10,15-16H,4-8,11-14,17H2,1-3H3,(H2,23,24,26). The second kappa shape index (κ2) is 10.8. The molecule has 3 heterocycles. The smallest absolute Gasteiger partial charge is 0.191 e. The molecule has 0 bridgehead atoms. The fourth-order valence-electron chi connectivity index (χ4n) is 3.75. The highest BCUT2D eigenvalue weighted by atomic mass is 15.3. The number of hydrogen-bond donors (Lipinski definition) is 2. The summed E-state index contributed by atoms with van der Waals surface area (Å²) in [6.07, 6.45) is 8.19. The van der Waals surface area contributed by atoms with E-state index in [1.54, 1.807) is 7.05 Å². The predicted molar refractivity (Wildman–Crippen MR) is 119 cm³/mol. The molecule has 0 radical (unpaired) electrons. The lowest BCUT2D eigenvalue weighted by Gasteiger charge is -2.21. The summed E-state index contributed by atoms with van der Waals surface area (Å²) in [6, 6.07) is 6.42. The number of guanidine groups is 1. The van der Waals surface area contributed by atoms with E-state index in [1.807, 2.05) is 13.1 Å². The first-order valence-corrected chi connectivity index (χ1v) is 10.8. The zero-order chi connectivity index (χ0) is 20.5. The Hall–Kier alpha value is -2.57. The fourth-order valence-corrected chi connectivity index (χ4v) is 3.75. The molecule has 0 aromatic carbocycles. The molecule has 1 fully saturated rings. The molecule has 7 heteroatoms. The minimum atomic E-state index is 0.713. The van der Waals surface area contributed by atoms with E-state index in [2.05, 4.69) is 60.4 Å². The van der Waals surface area contributed by atoms with Gasteiger partial charge in [0.15, 0.2) is 5.96 Å². The fraction of sp³-hybridized carbons (Fsp3) is 0.591. The largest absolute Gasteiger partial charge is 0.357 e. The molecule has 3 rings (SSSR count). The third-order valence-corrected chi connectivity index (χ3v) is 5.37. The van der Waals surface area contributed by atoms with Crippen molar-refractivity contribution in [1.82, 2.24) is 25.4 Å². The van der Waals surface area contributed by atoms with Crippen LogP contribution in [0, 0.1) is 13.8 Å². The topological polar surface area (TPSA) is 70.4 Å². The molecule has 1 saturated heterocycles. The summed E-state index contributed by atoms with van der Waals surface area (Å²) in [5.41, 5.74) is 3.44. The zero-order valence-corrected chi connectivity index (χ0v) is 18.1. The number of nitrogens with zero attached hydrogens (tertiary/aromatic N) is 5. The Labute approximate surface area is 174 Å². The third-order valence-electron chi connectivity index (χ3n) is 5.37. The van der Waals surface area contributed by atoms with Crippen molar-refractivity contribution in [3.63, 3.8) is 0 Å². The van der Waals surface area contributed by atoms with E-state index in [4.69, 9.17) is 0 Å². The Bertz CT molecular complexity index is 771. The summed E-state index contributed by atoms with van der Waals surface area (Å²) in [7, 11) is 1.80. The van der Waals surface area contributed by atoms with Gasteiger partial charge < -0.3 is 15.5 Å². The molecule has 1 aliphatic rings. The lowest BCUT2D eigenvalue weighted by molar-refractivity contribution is 0.555. The lowest BCUT2D eigenvalue weighted by Crippen LogP contribution is -2.37. The van der Waals surface area contributed by atoms with Crippen LogP contribution in [-0.4, -0.2) is 47.4 Å². The summed E-state index contributed by atoms with van der Waals surface area (Å²) >= 11 is 0. The van der Waals surface area contributed by atoms with Crippen LogP contribution in [0.1, 0.15) is 49.1 Å². The Morgan fingerprint density at radius 3 is 2.52 bits per heavy atom. The molecular formula is C22H35N7. The first-order valence-electron chi connectivity index (χ1n) is 10.8. The van der Waals surface area contributed by atoms with E-state index in [0.717, 1.165) is 55.6 Å². The highest BCUT2D eigenvalue weighted by molar-refractivity contribution is 5.79. The van der Waals surface area contributed by atoms with Crippen molar-refractivity contribution in [2.75, 3.05) is 31.6 Å². The Balaban J connectivity index is 1.40. The lowest BCUT2D eigenvalue weighted by atomic mass is 10.2. The molecule has 0 atom stereocenters. The number of aromatic nitrogens is 3. The quantitative estimate of drug-likeness (QED) is 0.427. The maximum Gasteiger partial charge on any atom is 0.191 e. The van der Waals surface area contributed by atoms with Crippen molar-refractivity contribution in [1.29, 1.82) is 0 Å². The van der Waals surface area contributed by atoms with Gasteiger partial charge in [0, 0.05) is 51.7 Å². The van der Waals surface area contributed by atoms with Crippen LogP contribution in [0.5, 0.6) is 0 Å². The second-order valence-electron chi connectivity index (χ2n) is 7.78. The molecule has 29 heavy (non-hydrogen) atoms. The predicted octanol–water partition coefficient (Wildman–Crippen LogP) is 3.03. The van der Waals surface area contributed by atoms with Gasteiger partial charge in [0.1, 0.15) is 5.82 Å². The molecule has 2 aromatic heterocycles. The van der Waals surface area contributed by atoms with E-state index in [1.165, 1.54) is 31.4 Å². The molecular weight excluding hydrogens is 362 g/mol. The molecule has 1 aliphatic heterocycles. The number of aliphatic imine (C=N–C) groups is 1. The van der Waals surface area contributed by atoms with Crippen LogP contribution in [0.2, 0.25) is 0 Å². The van der Waals surface area contributed by atoms with Crippen molar-refractivity contribution in [2.24, 2.45) is 4.99 Å². The van der Waals surface area contributed by atoms with Crippen molar-refractivity contribution in [3.8, 4) is 0 Å². The normalized spacial score (nSPS) is 15.3. The first kappa shape index (κ1) is 21.1. The molecule has 0 aliphatic carbocycles. The monoisotopic (exact) mass is 397 g/mol. The summed E-state index contributed by atoms with van der Waals surface area (Å²) in [5, 5.41) is 11.2. The van der Waals surface area contributed by atoms with Crippen molar-refractivity contribution in [2.45, 2.75) is 59.0 Å². The van der Waals surface area contributed by atoms with E-state index >= 15 is 0 Å². The average molecular weight is 398 g/mol. The van der Waals surface area contributed by atoms with Gasteiger partial charge >= 0.3 is 0 Å². The number of pyridine rings is 1. The van der Waals surface area contributed by atoms with Crippen molar-refractivity contribution < 1.29 is 0 Å². The summed E-state index contributed by atoms with van der Waals surface area (Å²) in [4.78, 5) is 11.4. The van der Waals surface area contributed by atoms with Crippen LogP contribution < -0.4 is 15.5 Å². The van der Waals surface area contributed by atoms with Crippen LogP contribution >= 0.6 is 0 Å². The Kier molecular flexibility index (Phi) is 7.90. The number of aryl methyl sites for hydroxylation is 3. The van der Waals surface area contributed by atoms with E-state index in [9.17, 15) is 0 Å². The highest BCUT2D eigenvalue weighted by Gasteiger charge is 2.10. The molecule has 0 unspecified atom stereocenters. The van der Waals surface area contributed by atoms with E-state index < -0.39 is 0 Å². The minimum absolute atomic E-state index is 0.713. The van der Waals surface area contributed by atoms with Crippen LogP contribution in [-0.2, 0) is 13.1 Å². The first-order chi connectivity index (χ1) is 14.2. The van der Waals surface area contributed by atoms with Gasteiger partial charge in [-0.25, -0.2) is 4.98 Å². The van der Waals surface area contributed by atoms with Gasteiger partial charge in [-0.2, -0.15) is 5.10 Å². The molecule has 158 valence electrons. The van der Waals surface area contributed by atoms with Gasteiger partial charge in [-0.3, -0.25) is 9.67 Å². The molecule has 0 saturated carbocycles. The summed E-state index contributed by atoms with van der Waals surface area (Å²) < 4.78 is 2.06. The maximum atomic E-state index is 4.68. The number of anilines is 1. The number of nitrogens with one attached hydrogen (secondary N) is 2. The van der Waals surface area contributed by atoms with Gasteiger partial charge in [0.2, 0.25) is 0 Å². The van der Waals surface area contributed by atoms with Crippen molar-refractivity contribution in [3.05, 3.63) is 41.3 Å². The Morgan fingerprint density at radius 2 is 1.90 bits per heavy atom. The number of hydrogen-bond acceptors (Lipinski definition) is 4. The third kappa shape index (κ3) is 6.48. The van der Waals surface area contributed by atoms with Crippen molar-refractivity contribution >= 4 is 11.8 Å². The van der Waals surface area contributed by atoms with Crippen LogP contribution in [0.25, 0.3) is 0 Å². The van der Waals surface area contributed by atoms with Gasteiger partial charge in [0.25, 0.3) is 0 Å². The SMILES string of the molecule is CN=C(NCCCn1nc(C)cc1C)NCc1ccc(N2CCCCCC2)nc1. The van der Waals surface area contributed by atoms with E-state index in [-0.39, 0.29) is 0 Å². The van der Waals surface area contributed by atoms with E-state index in [0.29, 0.717) is 6.54 Å². The molecule has 2 aromatic rings. The summed E-state index contributed by atoms with van der Waals surface area (Å²) in [5.74, 6) is 1.91. The van der Waals surface area contributed by atoms with Crippen LogP contribution in [0.15, 0.2) is 29.4 Å². The maximum absolute atomic E-state index is 4.68. The van der Waals surface area contributed by atoms with Gasteiger partial charge in [-0.05, 0) is 50.8 Å². The van der Waals surface area contributed by atoms with Crippen LogP contribution in [0.3, 0.4) is 0 Å². The van der Waals surface area contributed by atoms with Crippen LogP contribution in [0.4, 0.5) is 5.82 Å². The molecule has 7 nitrogen and oxygen atoms in total. The molecule has 2 N–H and O–H groups in total. The molecule has 0 amide bonds. The number of rotatable bonds is 7. The average Bonchev–Trinajstić information content (AvgIpc) is 2.91. The molecule has 0 spiro atoms. The Morgan fingerprint density at radius 1 is 1.10 bits per heavy atom. The van der Waals surface area contributed by atoms with Gasteiger partial charge in [-0.15, -0.1) is 0 Å². The second-order valence-corrected chi connectivity index (χ2v) is 7.78. The highest BCUT2D eigenvalue weighted by Crippen LogP contribution is 2.17. The van der Waals surface area contributed by atoms with Gasteiger partial charge in [0.05, 0.1) is 5.69 Å².